The summed E-state index contributed by atoms with van der Waals surface area (Å²) in [4.78, 5) is 3.98. The molecule has 0 aliphatic rings. The average molecular weight is 156 g/mol. The van der Waals surface area contributed by atoms with E-state index >= 15 is 0 Å². The Balaban J connectivity index is 2.50. The highest BCUT2D eigenvalue weighted by Gasteiger charge is 1.99. The summed E-state index contributed by atoms with van der Waals surface area (Å²) in [6.45, 7) is 4.34. The average Bonchev–Trinajstić information content (AvgIpc) is 2.38. The molecule has 1 heterocycles. The van der Waals surface area contributed by atoms with Crippen molar-refractivity contribution in [1.29, 1.82) is 0 Å². The third kappa shape index (κ3) is 1.77. The van der Waals surface area contributed by atoms with Gasteiger partial charge in [0.2, 0.25) is 0 Å². The minimum absolute atomic E-state index is 0.521. The zero-order valence-electron chi connectivity index (χ0n) is 6.32. The van der Waals surface area contributed by atoms with Crippen molar-refractivity contribution >= 4 is 11.8 Å². The highest BCUT2D eigenvalue weighted by atomic mass is 32.2. The quantitative estimate of drug-likeness (QED) is 0.667. The van der Waals surface area contributed by atoms with Crippen molar-refractivity contribution in [1.82, 2.24) is 9.55 Å². The molecule has 0 saturated heterocycles. The summed E-state index contributed by atoms with van der Waals surface area (Å²) in [5, 5.41) is 0.521. The number of hydrogen-bond donors (Lipinski definition) is 0. The molecular formula is C7H12N2S. The van der Waals surface area contributed by atoms with Gasteiger partial charge in [0.25, 0.3) is 0 Å². The van der Waals surface area contributed by atoms with E-state index in [0.717, 1.165) is 5.75 Å². The molecule has 0 amide bonds. The molecular weight excluding hydrogens is 144 g/mol. The molecule has 0 N–H and O–H groups in total. The van der Waals surface area contributed by atoms with Crippen molar-refractivity contribution in [2.75, 3.05) is 5.75 Å². The van der Waals surface area contributed by atoms with E-state index in [1.807, 2.05) is 30.5 Å². The van der Waals surface area contributed by atoms with Crippen LogP contribution in [0.5, 0.6) is 0 Å². The van der Waals surface area contributed by atoms with Crippen molar-refractivity contribution in [3.63, 3.8) is 0 Å². The molecule has 0 aromatic carbocycles. The minimum Gasteiger partial charge on any atom is -0.325 e. The van der Waals surface area contributed by atoms with Gasteiger partial charge in [-0.3, -0.25) is 0 Å². The number of hydrogen-bond acceptors (Lipinski definition) is 2. The predicted molar refractivity (Wildman–Crippen MR) is 45.1 cm³/mol. The summed E-state index contributed by atoms with van der Waals surface area (Å²) in [6.07, 6.45) is 5.66. The Hall–Kier alpha value is -0.440. The van der Waals surface area contributed by atoms with Gasteiger partial charge in [0.1, 0.15) is 0 Å². The summed E-state index contributed by atoms with van der Waals surface area (Å²) < 4.78 is 2.11. The molecule has 0 aliphatic carbocycles. The van der Waals surface area contributed by atoms with Crippen molar-refractivity contribution in [3.05, 3.63) is 18.7 Å². The zero-order valence-corrected chi connectivity index (χ0v) is 7.14. The normalized spacial score (nSPS) is 13.4. The van der Waals surface area contributed by atoms with Crippen LogP contribution in [-0.2, 0) is 0 Å². The van der Waals surface area contributed by atoms with Gasteiger partial charge in [-0.15, -0.1) is 11.8 Å². The largest absolute Gasteiger partial charge is 0.325 e. The fourth-order valence-corrected chi connectivity index (χ4v) is 1.59. The molecule has 0 fully saturated rings. The first kappa shape index (κ1) is 7.66. The van der Waals surface area contributed by atoms with E-state index < -0.39 is 0 Å². The van der Waals surface area contributed by atoms with Crippen LogP contribution in [0.15, 0.2) is 18.7 Å². The number of rotatable bonds is 3. The van der Waals surface area contributed by atoms with Gasteiger partial charge in [-0.25, -0.2) is 4.98 Å². The summed E-state index contributed by atoms with van der Waals surface area (Å²) in [6, 6.07) is 0. The smallest absolute Gasteiger partial charge is 0.0955 e. The molecule has 1 atom stereocenters. The molecule has 10 heavy (non-hydrogen) atoms. The van der Waals surface area contributed by atoms with Crippen LogP contribution in [-0.4, -0.2) is 15.3 Å². The first-order chi connectivity index (χ1) is 4.84. The van der Waals surface area contributed by atoms with Gasteiger partial charge in [-0.2, -0.15) is 0 Å². The van der Waals surface area contributed by atoms with Gasteiger partial charge in [-0.1, -0.05) is 6.92 Å². The van der Waals surface area contributed by atoms with Crippen molar-refractivity contribution in [3.8, 4) is 0 Å². The second-order valence-corrected chi connectivity index (χ2v) is 3.66. The molecule has 0 spiro atoms. The van der Waals surface area contributed by atoms with E-state index in [1.54, 1.807) is 0 Å². The van der Waals surface area contributed by atoms with Crippen molar-refractivity contribution in [2.24, 2.45) is 0 Å². The number of thioether (sulfide) groups is 1. The van der Waals surface area contributed by atoms with Gasteiger partial charge in [0.05, 0.1) is 11.7 Å². The fourth-order valence-electron chi connectivity index (χ4n) is 0.812. The van der Waals surface area contributed by atoms with Crippen molar-refractivity contribution in [2.45, 2.75) is 19.2 Å². The summed E-state index contributed by atoms with van der Waals surface area (Å²) in [7, 11) is 0. The van der Waals surface area contributed by atoms with Crippen LogP contribution < -0.4 is 0 Å². The molecule has 1 aromatic rings. The first-order valence-corrected chi connectivity index (χ1v) is 4.48. The lowest BCUT2D eigenvalue weighted by Crippen LogP contribution is -1.97. The number of nitrogens with zero attached hydrogens (tertiary/aromatic N) is 2. The standard InChI is InChI=1S/C7H12N2S/c1-3-10-7(2)9-5-4-8-6-9/h4-7H,3H2,1-2H3. The maximum atomic E-state index is 3.98. The van der Waals surface area contributed by atoms with Gasteiger partial charge < -0.3 is 4.57 Å². The lowest BCUT2D eigenvalue weighted by Gasteiger charge is -2.09. The van der Waals surface area contributed by atoms with Gasteiger partial charge >= 0.3 is 0 Å². The highest BCUT2D eigenvalue weighted by molar-refractivity contribution is 7.99. The Morgan fingerprint density at radius 2 is 2.50 bits per heavy atom. The molecule has 56 valence electrons. The summed E-state index contributed by atoms with van der Waals surface area (Å²) in [5.41, 5.74) is 0. The van der Waals surface area contributed by atoms with Crippen molar-refractivity contribution < 1.29 is 0 Å². The minimum atomic E-state index is 0.521. The van der Waals surface area contributed by atoms with E-state index in [4.69, 9.17) is 0 Å². The number of aromatic nitrogens is 2. The monoisotopic (exact) mass is 156 g/mol. The van der Waals surface area contributed by atoms with Crippen LogP contribution in [0.4, 0.5) is 0 Å². The van der Waals surface area contributed by atoms with Crippen LogP contribution in [0, 0.1) is 0 Å². The van der Waals surface area contributed by atoms with E-state index in [2.05, 4.69) is 23.4 Å². The Bertz CT molecular complexity index is 172. The molecule has 0 radical (unpaired) electrons. The summed E-state index contributed by atoms with van der Waals surface area (Å²) in [5.74, 6) is 1.15. The third-order valence-corrected chi connectivity index (χ3v) is 2.41. The Morgan fingerprint density at radius 1 is 1.70 bits per heavy atom. The topological polar surface area (TPSA) is 17.8 Å². The first-order valence-electron chi connectivity index (χ1n) is 3.43. The van der Waals surface area contributed by atoms with Crippen LogP contribution in [0.1, 0.15) is 19.2 Å². The van der Waals surface area contributed by atoms with Crippen LogP contribution in [0.3, 0.4) is 0 Å². The molecule has 3 heteroatoms. The van der Waals surface area contributed by atoms with E-state index in [-0.39, 0.29) is 0 Å². The molecule has 2 nitrogen and oxygen atoms in total. The Morgan fingerprint density at radius 3 is 3.00 bits per heavy atom. The highest BCUT2D eigenvalue weighted by Crippen LogP contribution is 2.20. The molecule has 0 saturated carbocycles. The van der Waals surface area contributed by atoms with Crippen LogP contribution in [0.2, 0.25) is 0 Å². The SMILES string of the molecule is CCSC(C)n1ccnc1. The lowest BCUT2D eigenvalue weighted by molar-refractivity contribution is 0.739. The van der Waals surface area contributed by atoms with Crippen LogP contribution in [0.25, 0.3) is 0 Å². The fraction of sp³-hybridized carbons (Fsp3) is 0.571. The van der Waals surface area contributed by atoms with E-state index in [0.29, 0.717) is 5.37 Å². The maximum Gasteiger partial charge on any atom is 0.0955 e. The molecule has 1 rings (SSSR count). The summed E-state index contributed by atoms with van der Waals surface area (Å²) >= 11 is 1.91. The number of imidazole rings is 1. The van der Waals surface area contributed by atoms with Gasteiger partial charge in [0.15, 0.2) is 0 Å². The molecule has 0 bridgehead atoms. The van der Waals surface area contributed by atoms with Crippen LogP contribution >= 0.6 is 11.8 Å². The predicted octanol–water partition coefficient (Wildman–Crippen LogP) is 2.15. The third-order valence-electron chi connectivity index (χ3n) is 1.35. The maximum absolute atomic E-state index is 3.98. The Labute approximate surface area is 65.7 Å². The van der Waals surface area contributed by atoms with E-state index in [1.165, 1.54) is 0 Å². The van der Waals surface area contributed by atoms with Gasteiger partial charge in [-0.05, 0) is 12.7 Å². The second-order valence-electron chi connectivity index (χ2n) is 2.06. The molecule has 0 aliphatic heterocycles. The second kappa shape index (κ2) is 3.66. The van der Waals surface area contributed by atoms with E-state index in [9.17, 15) is 0 Å². The zero-order chi connectivity index (χ0) is 7.40. The lowest BCUT2D eigenvalue weighted by atomic mass is 10.7. The molecule has 1 aromatic heterocycles. The molecule has 1 unspecified atom stereocenters. The van der Waals surface area contributed by atoms with Gasteiger partial charge in [0, 0.05) is 12.4 Å². The Kier molecular flexibility index (Phi) is 2.81.